The van der Waals surface area contributed by atoms with Gasteiger partial charge in [-0.2, -0.15) is 0 Å². The lowest BCUT2D eigenvalue weighted by Crippen LogP contribution is -2.40. The van der Waals surface area contributed by atoms with Crippen LogP contribution in [-0.2, 0) is 9.84 Å². The lowest BCUT2D eigenvalue weighted by molar-refractivity contribution is 0.0934. The Bertz CT molecular complexity index is 1010. The quantitative estimate of drug-likeness (QED) is 0.635. The smallest absolute Gasteiger partial charge is 0.251 e. The summed E-state index contributed by atoms with van der Waals surface area (Å²) in [6.07, 6.45) is 2.69. The number of ketones is 1. The summed E-state index contributed by atoms with van der Waals surface area (Å²) in [6, 6.07) is 10.1. The fourth-order valence-corrected chi connectivity index (χ4v) is 4.87. The minimum Gasteiger partial charge on any atom is -0.348 e. The number of rotatable bonds is 6. The highest BCUT2D eigenvalue weighted by molar-refractivity contribution is 7.91. The molecular weight excluding hydrogens is 400 g/mol. The summed E-state index contributed by atoms with van der Waals surface area (Å²) in [6.45, 7) is 2.36. The molecule has 0 spiro atoms. The molecule has 3 N–H and O–H groups in total. The second-order valence-electron chi connectivity index (χ2n) is 6.59. The normalized spacial score (nSPS) is 15.0. The monoisotopic (exact) mass is 422 g/mol. The standard InChI is InChI=1S/C20H22N2O4S.ClH/c1-2-3-6-14(12-21)22-20(24)13-9-10-16-18(11-13)27(25,26)17-8-5-4-7-15(17)19(16)23;/h4-5,7-11,14H,2-3,6,12,21H2,1H3,(H,22,24);1H. The lowest BCUT2D eigenvalue weighted by Gasteiger charge is -2.20. The van der Waals surface area contributed by atoms with Gasteiger partial charge in [0.15, 0.2) is 5.78 Å². The second kappa shape index (κ2) is 8.86. The SMILES string of the molecule is CCCCC(CN)NC(=O)c1ccc2c(c1)S(=O)(=O)c1ccccc1C2=O.Cl. The Kier molecular flexibility index (Phi) is 6.98. The molecule has 1 amide bonds. The van der Waals surface area contributed by atoms with Crippen molar-refractivity contribution in [3.63, 3.8) is 0 Å². The molecule has 1 unspecified atom stereocenters. The van der Waals surface area contributed by atoms with Crippen LogP contribution in [0.25, 0.3) is 0 Å². The van der Waals surface area contributed by atoms with Crippen molar-refractivity contribution in [1.29, 1.82) is 0 Å². The van der Waals surface area contributed by atoms with E-state index >= 15 is 0 Å². The van der Waals surface area contributed by atoms with Gasteiger partial charge in [-0.15, -0.1) is 12.4 Å². The van der Waals surface area contributed by atoms with Crippen molar-refractivity contribution in [2.24, 2.45) is 5.73 Å². The zero-order chi connectivity index (χ0) is 19.6. The molecule has 1 atom stereocenters. The van der Waals surface area contributed by atoms with E-state index in [1.165, 1.54) is 30.3 Å². The molecule has 0 radical (unpaired) electrons. The molecule has 3 rings (SSSR count). The number of benzene rings is 2. The van der Waals surface area contributed by atoms with Crippen molar-refractivity contribution in [2.45, 2.75) is 42.0 Å². The van der Waals surface area contributed by atoms with Gasteiger partial charge in [-0.1, -0.05) is 31.9 Å². The Morgan fingerprint density at radius 1 is 1.11 bits per heavy atom. The van der Waals surface area contributed by atoms with E-state index in [4.69, 9.17) is 5.73 Å². The molecular formula is C20H23ClN2O4S. The largest absolute Gasteiger partial charge is 0.348 e. The summed E-state index contributed by atoms with van der Waals surface area (Å²) in [5, 5.41) is 2.84. The van der Waals surface area contributed by atoms with Gasteiger partial charge < -0.3 is 11.1 Å². The molecule has 0 bridgehead atoms. The minimum atomic E-state index is -3.86. The predicted molar refractivity (Wildman–Crippen MR) is 109 cm³/mol. The van der Waals surface area contributed by atoms with Crippen molar-refractivity contribution in [1.82, 2.24) is 5.32 Å². The molecule has 0 saturated carbocycles. The van der Waals surface area contributed by atoms with E-state index in [9.17, 15) is 18.0 Å². The molecule has 2 aromatic carbocycles. The Morgan fingerprint density at radius 2 is 1.79 bits per heavy atom. The van der Waals surface area contributed by atoms with Crippen LogP contribution in [0.2, 0.25) is 0 Å². The average molecular weight is 423 g/mol. The van der Waals surface area contributed by atoms with Crippen molar-refractivity contribution < 1.29 is 18.0 Å². The minimum absolute atomic E-state index is 0. The van der Waals surface area contributed by atoms with Crippen LogP contribution in [0.3, 0.4) is 0 Å². The van der Waals surface area contributed by atoms with Gasteiger partial charge in [-0.3, -0.25) is 9.59 Å². The van der Waals surface area contributed by atoms with Crippen LogP contribution in [0, 0.1) is 0 Å². The Labute approximate surface area is 170 Å². The highest BCUT2D eigenvalue weighted by atomic mass is 35.5. The first-order valence-electron chi connectivity index (χ1n) is 8.94. The number of unbranched alkanes of at least 4 members (excludes halogenated alkanes) is 1. The van der Waals surface area contributed by atoms with Crippen molar-refractivity contribution in [3.8, 4) is 0 Å². The summed E-state index contributed by atoms with van der Waals surface area (Å²) in [5.74, 6) is -0.754. The van der Waals surface area contributed by atoms with Crippen LogP contribution in [-0.4, -0.2) is 32.7 Å². The number of nitrogens with one attached hydrogen (secondary N) is 1. The van der Waals surface area contributed by atoms with Gasteiger partial charge in [0.2, 0.25) is 9.84 Å². The molecule has 150 valence electrons. The second-order valence-corrected chi connectivity index (χ2v) is 8.47. The Balaban J connectivity index is 0.00000280. The number of nitrogens with two attached hydrogens (primary N) is 1. The third-order valence-corrected chi connectivity index (χ3v) is 6.58. The molecule has 8 heteroatoms. The maximum absolute atomic E-state index is 12.9. The highest BCUT2D eigenvalue weighted by Gasteiger charge is 2.35. The van der Waals surface area contributed by atoms with Gasteiger partial charge >= 0.3 is 0 Å². The third-order valence-electron chi connectivity index (χ3n) is 4.73. The number of carbonyl (C=O) groups excluding carboxylic acids is 2. The third kappa shape index (κ3) is 3.97. The van der Waals surface area contributed by atoms with E-state index in [-0.39, 0.29) is 50.7 Å². The molecule has 0 aliphatic carbocycles. The maximum atomic E-state index is 12.9. The van der Waals surface area contributed by atoms with Crippen molar-refractivity contribution in [3.05, 3.63) is 59.2 Å². The fourth-order valence-electron chi connectivity index (χ4n) is 3.19. The van der Waals surface area contributed by atoms with Gasteiger partial charge in [0.05, 0.1) is 9.79 Å². The first-order valence-corrected chi connectivity index (χ1v) is 10.4. The van der Waals surface area contributed by atoms with Crippen LogP contribution in [0.5, 0.6) is 0 Å². The zero-order valence-electron chi connectivity index (χ0n) is 15.5. The van der Waals surface area contributed by atoms with Crippen LogP contribution in [0.15, 0.2) is 52.3 Å². The molecule has 1 heterocycles. The topological polar surface area (TPSA) is 106 Å². The molecule has 0 fully saturated rings. The van der Waals surface area contributed by atoms with Crippen LogP contribution in [0.4, 0.5) is 0 Å². The molecule has 1 aliphatic rings. The summed E-state index contributed by atoms with van der Waals surface area (Å²) >= 11 is 0. The summed E-state index contributed by atoms with van der Waals surface area (Å²) in [5.41, 5.74) is 6.15. The van der Waals surface area contributed by atoms with E-state index in [1.54, 1.807) is 12.1 Å². The Hall–Kier alpha value is -2.22. The number of hydrogen-bond donors (Lipinski definition) is 2. The number of carbonyl (C=O) groups is 2. The molecule has 28 heavy (non-hydrogen) atoms. The molecule has 0 aromatic heterocycles. The first kappa shape index (κ1) is 22.1. The van der Waals surface area contributed by atoms with Gasteiger partial charge in [-0.25, -0.2) is 8.42 Å². The Morgan fingerprint density at radius 3 is 2.46 bits per heavy atom. The number of sulfone groups is 1. The molecule has 2 aromatic rings. The molecule has 0 saturated heterocycles. The number of amides is 1. The first-order chi connectivity index (χ1) is 12.9. The van der Waals surface area contributed by atoms with Gasteiger partial charge in [-0.05, 0) is 36.8 Å². The van der Waals surface area contributed by atoms with Crippen molar-refractivity contribution in [2.75, 3.05) is 6.54 Å². The van der Waals surface area contributed by atoms with E-state index < -0.39 is 15.7 Å². The fraction of sp³-hybridized carbons (Fsp3) is 0.300. The summed E-state index contributed by atoms with van der Waals surface area (Å²) < 4.78 is 25.9. The van der Waals surface area contributed by atoms with Gasteiger partial charge in [0.1, 0.15) is 0 Å². The van der Waals surface area contributed by atoms with E-state index in [0.717, 1.165) is 19.3 Å². The zero-order valence-corrected chi connectivity index (χ0v) is 17.1. The van der Waals surface area contributed by atoms with E-state index in [2.05, 4.69) is 12.2 Å². The summed E-state index contributed by atoms with van der Waals surface area (Å²) in [7, 11) is -3.86. The maximum Gasteiger partial charge on any atom is 0.251 e. The van der Waals surface area contributed by atoms with Crippen LogP contribution < -0.4 is 11.1 Å². The van der Waals surface area contributed by atoms with Gasteiger partial charge in [0.25, 0.3) is 5.91 Å². The lowest BCUT2D eigenvalue weighted by atomic mass is 10.0. The predicted octanol–water partition coefficient (Wildman–Crippen LogP) is 2.73. The van der Waals surface area contributed by atoms with Gasteiger partial charge in [0, 0.05) is 29.3 Å². The average Bonchev–Trinajstić information content (AvgIpc) is 2.69. The van der Waals surface area contributed by atoms with Crippen molar-refractivity contribution >= 4 is 33.9 Å². The molecule has 1 aliphatic heterocycles. The summed E-state index contributed by atoms with van der Waals surface area (Å²) in [4.78, 5) is 25.0. The highest BCUT2D eigenvalue weighted by Crippen LogP contribution is 2.34. The van der Waals surface area contributed by atoms with E-state index in [0.29, 0.717) is 6.54 Å². The van der Waals surface area contributed by atoms with E-state index in [1.807, 2.05) is 0 Å². The van der Waals surface area contributed by atoms with Crippen LogP contribution in [0.1, 0.15) is 52.5 Å². The number of hydrogen-bond acceptors (Lipinski definition) is 5. The number of fused-ring (bicyclic) bond motifs is 2. The number of halogens is 1. The van der Waals surface area contributed by atoms with Crippen LogP contribution >= 0.6 is 12.4 Å². The molecule has 6 nitrogen and oxygen atoms in total.